The first-order valence-electron chi connectivity index (χ1n) is 13.1. The molecule has 1 amide bonds. The van der Waals surface area contributed by atoms with Gasteiger partial charge in [-0.05, 0) is 17.7 Å². The molecule has 0 radical (unpaired) electrons. The van der Waals surface area contributed by atoms with Gasteiger partial charge in [0.2, 0.25) is 0 Å². The third kappa shape index (κ3) is 6.28. The summed E-state index contributed by atoms with van der Waals surface area (Å²) in [5.74, 6) is -0.448. The molecule has 0 bridgehead atoms. The molecule has 2 aliphatic rings. The van der Waals surface area contributed by atoms with Crippen LogP contribution in [0, 0.1) is 0 Å². The van der Waals surface area contributed by atoms with Crippen LogP contribution >= 0.6 is 27.3 Å². The van der Waals surface area contributed by atoms with Gasteiger partial charge in [0.1, 0.15) is 35.8 Å². The fraction of sp³-hybridized carbons (Fsp3) is 0.391. The Kier molecular flexibility index (Phi) is 8.58. The molecule has 3 aromatic heterocycles. The number of primary amides is 1. The first-order valence-corrected chi connectivity index (χ1v) is 17.0. The highest BCUT2D eigenvalue weighted by atomic mass is 32.7. The standard InChI is InChI=1S/C23H27N9O9P2S/c1-11-5-18(32-13-4-2-3-12(22(25)33)19(13)29-30-32)39-15(11)7-37-42(34)41-14-6-17(40-16(14)8-38-43(35,36)44)31-10-28-20-21(24)26-9-27-23(20)31/h2-4,9-10,14-18,42H,1,5-8H2,(H2,25,33)(H2,24,26,27)(H2,35,36,44)/t14-,15+,16+,17+,18+/m0/s1. The minimum Gasteiger partial charge on any atom is -0.382 e. The number of nitrogens with zero attached hydrogens (tertiary/aromatic N) is 7. The number of nitrogens with two attached hydrogens (primary N) is 2. The summed E-state index contributed by atoms with van der Waals surface area (Å²) in [6.07, 6.45) is -0.501. The predicted octanol–water partition coefficient (Wildman–Crippen LogP) is 1.92. The Labute approximate surface area is 254 Å². The fourth-order valence-corrected chi connectivity index (χ4v) is 6.45. The number of fused-ring (bicyclic) bond motifs is 2. The highest BCUT2D eigenvalue weighted by Gasteiger charge is 2.40. The van der Waals surface area contributed by atoms with Gasteiger partial charge in [0, 0.05) is 12.8 Å². The summed E-state index contributed by atoms with van der Waals surface area (Å²) in [6.45, 7) is -0.638. The average molecular weight is 668 g/mol. The van der Waals surface area contributed by atoms with E-state index in [1.54, 1.807) is 22.8 Å². The number of hydrogen-bond donors (Lipinski definition) is 4. The molecule has 18 nitrogen and oxygen atoms in total. The van der Waals surface area contributed by atoms with Gasteiger partial charge in [0.15, 0.2) is 17.7 Å². The van der Waals surface area contributed by atoms with E-state index in [4.69, 9.17) is 34.5 Å². The summed E-state index contributed by atoms with van der Waals surface area (Å²) < 4.78 is 56.0. The number of amides is 1. The Balaban J connectivity index is 1.10. The normalized spacial score (nSPS) is 26.0. The van der Waals surface area contributed by atoms with Gasteiger partial charge >= 0.3 is 15.1 Å². The van der Waals surface area contributed by atoms with Crippen LogP contribution in [0.2, 0.25) is 0 Å². The fourth-order valence-electron chi connectivity index (χ4n) is 5.06. The summed E-state index contributed by atoms with van der Waals surface area (Å²) in [6, 6.07) is 4.96. The van der Waals surface area contributed by atoms with Crippen LogP contribution in [0.3, 0.4) is 0 Å². The van der Waals surface area contributed by atoms with E-state index in [2.05, 4.69) is 44.1 Å². The molecular formula is C23H27N9O9P2S. The number of anilines is 1. The summed E-state index contributed by atoms with van der Waals surface area (Å²) in [7, 11) is -3.14. The summed E-state index contributed by atoms with van der Waals surface area (Å²) in [5.41, 5.74) is 13.9. The molecule has 44 heavy (non-hydrogen) atoms. The third-order valence-electron chi connectivity index (χ3n) is 7.14. The van der Waals surface area contributed by atoms with Crippen molar-refractivity contribution in [1.29, 1.82) is 0 Å². The Morgan fingerprint density at radius 3 is 2.82 bits per heavy atom. The molecule has 2 aliphatic heterocycles. The maximum atomic E-state index is 13.0. The molecule has 2 fully saturated rings. The molecule has 0 aliphatic carbocycles. The van der Waals surface area contributed by atoms with Crippen molar-refractivity contribution in [3.63, 3.8) is 0 Å². The van der Waals surface area contributed by atoms with E-state index in [0.29, 0.717) is 34.2 Å². The maximum Gasteiger partial charge on any atom is 0.383 e. The minimum absolute atomic E-state index is 0.144. The van der Waals surface area contributed by atoms with E-state index in [-0.39, 0.29) is 31.0 Å². The molecular weight excluding hydrogens is 640 g/mol. The van der Waals surface area contributed by atoms with Gasteiger partial charge in [-0.15, -0.1) is 5.10 Å². The van der Waals surface area contributed by atoms with Crippen LogP contribution < -0.4 is 11.5 Å². The van der Waals surface area contributed by atoms with Gasteiger partial charge in [-0.2, -0.15) is 0 Å². The SMILES string of the molecule is C=C1C[C@H](n2nnc3c(C(N)=O)cccc32)O[C@@H]1CO[PH](=O)O[C@H]1C[C@H](n2cnc3c(N)ncnc32)O[C@@H]1COP(=O)(O)S. The summed E-state index contributed by atoms with van der Waals surface area (Å²) in [5, 5.41) is 8.21. The predicted molar refractivity (Wildman–Crippen MR) is 157 cm³/mol. The molecule has 0 spiro atoms. The number of carbonyl (C=O) groups is 1. The molecule has 2 saturated heterocycles. The lowest BCUT2D eigenvalue weighted by molar-refractivity contribution is -0.0382. The number of rotatable bonds is 11. The van der Waals surface area contributed by atoms with Crippen molar-refractivity contribution < 1.29 is 41.9 Å². The second kappa shape index (κ2) is 12.3. The van der Waals surface area contributed by atoms with E-state index >= 15 is 0 Å². The molecule has 5 N–H and O–H groups in total. The van der Waals surface area contributed by atoms with Crippen LogP contribution in [0.4, 0.5) is 5.82 Å². The highest BCUT2D eigenvalue weighted by molar-refractivity contribution is 8.44. The van der Waals surface area contributed by atoms with Crippen LogP contribution in [0.5, 0.6) is 0 Å². The number of ether oxygens (including phenoxy) is 2. The minimum atomic E-state index is -4.15. The van der Waals surface area contributed by atoms with E-state index in [9.17, 15) is 18.8 Å². The second-order valence-electron chi connectivity index (χ2n) is 9.96. The smallest absolute Gasteiger partial charge is 0.382 e. The van der Waals surface area contributed by atoms with Crippen molar-refractivity contribution in [2.45, 2.75) is 43.6 Å². The molecule has 5 heterocycles. The van der Waals surface area contributed by atoms with Gasteiger partial charge < -0.3 is 34.9 Å². The Bertz CT molecular complexity index is 1810. The maximum absolute atomic E-state index is 13.0. The van der Waals surface area contributed by atoms with Gasteiger partial charge in [-0.1, -0.05) is 30.1 Å². The van der Waals surface area contributed by atoms with Crippen molar-refractivity contribution in [3.8, 4) is 0 Å². The van der Waals surface area contributed by atoms with Crippen LogP contribution in [0.1, 0.15) is 35.7 Å². The van der Waals surface area contributed by atoms with Crippen LogP contribution in [0.25, 0.3) is 22.2 Å². The van der Waals surface area contributed by atoms with Crippen LogP contribution in [0.15, 0.2) is 43.0 Å². The van der Waals surface area contributed by atoms with E-state index < -0.39 is 51.7 Å². The number of hydrogen-bond acceptors (Lipinski definition) is 14. The van der Waals surface area contributed by atoms with Gasteiger partial charge in [-0.25, -0.2) is 24.2 Å². The molecule has 21 heteroatoms. The van der Waals surface area contributed by atoms with Gasteiger partial charge in [-0.3, -0.25) is 18.5 Å². The van der Waals surface area contributed by atoms with Crippen LogP contribution in [-0.2, 0) is 32.2 Å². The zero-order valence-electron chi connectivity index (χ0n) is 22.7. The lowest BCUT2D eigenvalue weighted by Gasteiger charge is -2.20. The molecule has 1 aromatic carbocycles. The molecule has 6 rings (SSSR count). The first-order chi connectivity index (χ1) is 21.0. The number of imidazole rings is 1. The zero-order valence-corrected chi connectivity index (χ0v) is 25.5. The molecule has 4 aromatic rings. The number of nitrogen functional groups attached to an aromatic ring is 1. The number of aromatic nitrogens is 7. The quantitative estimate of drug-likeness (QED) is 0.101. The topological polar surface area (TPSA) is 244 Å². The van der Waals surface area contributed by atoms with Crippen molar-refractivity contribution in [3.05, 3.63) is 48.6 Å². The zero-order chi connectivity index (χ0) is 31.2. The lowest BCUT2D eigenvalue weighted by atomic mass is 10.1. The molecule has 2 unspecified atom stereocenters. The van der Waals surface area contributed by atoms with Crippen molar-refractivity contribution in [2.75, 3.05) is 18.9 Å². The van der Waals surface area contributed by atoms with Crippen molar-refractivity contribution >= 4 is 61.2 Å². The first kappa shape index (κ1) is 30.8. The van der Waals surface area contributed by atoms with E-state index in [1.165, 1.54) is 17.3 Å². The lowest BCUT2D eigenvalue weighted by Crippen LogP contribution is -2.27. The van der Waals surface area contributed by atoms with Crippen molar-refractivity contribution in [2.24, 2.45) is 5.73 Å². The average Bonchev–Trinajstić information content (AvgIpc) is 3.75. The Morgan fingerprint density at radius 1 is 1.23 bits per heavy atom. The second-order valence-corrected chi connectivity index (χ2v) is 13.7. The molecule has 7 atom stereocenters. The molecule has 234 valence electrons. The Morgan fingerprint density at radius 2 is 2.05 bits per heavy atom. The summed E-state index contributed by atoms with van der Waals surface area (Å²) in [4.78, 5) is 33.6. The molecule has 0 saturated carbocycles. The Hall–Kier alpha value is -3.25. The number of benzene rings is 1. The van der Waals surface area contributed by atoms with E-state index in [1.807, 2.05) is 0 Å². The van der Waals surface area contributed by atoms with Gasteiger partial charge in [0.25, 0.3) is 5.91 Å². The van der Waals surface area contributed by atoms with Crippen LogP contribution in [-0.4, -0.2) is 76.8 Å². The number of carbonyl (C=O) groups excluding carboxylic acids is 1. The number of thiol groups is 1. The van der Waals surface area contributed by atoms with Crippen molar-refractivity contribution in [1.82, 2.24) is 34.5 Å². The monoisotopic (exact) mass is 667 g/mol. The highest BCUT2D eigenvalue weighted by Crippen LogP contribution is 2.48. The largest absolute Gasteiger partial charge is 0.383 e. The third-order valence-corrected chi connectivity index (χ3v) is 8.87. The summed E-state index contributed by atoms with van der Waals surface area (Å²) >= 11 is 3.54. The van der Waals surface area contributed by atoms with Gasteiger partial charge in [0.05, 0.1) is 36.7 Å². The van der Waals surface area contributed by atoms with E-state index in [0.717, 1.165) is 0 Å².